The smallest absolute Gasteiger partial charge is 0.264 e. The molecule has 30 heavy (non-hydrogen) atoms. The summed E-state index contributed by atoms with van der Waals surface area (Å²) in [7, 11) is -3.98. The van der Waals surface area contributed by atoms with Gasteiger partial charge in [0.25, 0.3) is 15.9 Å². The number of nitrogens with zero attached hydrogens (tertiary/aromatic N) is 2. The summed E-state index contributed by atoms with van der Waals surface area (Å²) in [5.74, 6) is 0.212. The van der Waals surface area contributed by atoms with Gasteiger partial charge in [0, 0.05) is 10.7 Å². The molecule has 0 aliphatic heterocycles. The van der Waals surface area contributed by atoms with E-state index in [-0.39, 0.29) is 22.3 Å². The first-order valence-corrected chi connectivity index (χ1v) is 10.5. The standard InChI is InChI=1S/C20H15ClN4O4S/c21-12-1-10-17-18(11-12)24-20(29-15-6-4-14(26)5-7-15)19(23-17)25-30(27,28)16-8-2-13(22)3-9-16/h1-11,26H,22H2,(H,23,25). The van der Waals surface area contributed by atoms with Crippen molar-refractivity contribution >= 4 is 44.2 Å². The van der Waals surface area contributed by atoms with Crippen LogP contribution >= 0.6 is 11.6 Å². The normalized spacial score (nSPS) is 11.4. The van der Waals surface area contributed by atoms with Gasteiger partial charge in [-0.1, -0.05) is 11.6 Å². The monoisotopic (exact) mass is 442 g/mol. The third-order valence-electron chi connectivity index (χ3n) is 4.07. The Kier molecular flexibility index (Phi) is 5.06. The molecule has 10 heteroatoms. The Labute approximate surface area is 177 Å². The van der Waals surface area contributed by atoms with E-state index < -0.39 is 10.0 Å². The highest BCUT2D eigenvalue weighted by atomic mass is 35.5. The Morgan fingerprint density at radius 3 is 2.33 bits per heavy atom. The van der Waals surface area contributed by atoms with E-state index in [2.05, 4.69) is 14.7 Å². The van der Waals surface area contributed by atoms with Crippen LogP contribution in [0.1, 0.15) is 0 Å². The van der Waals surface area contributed by atoms with Crippen LogP contribution in [0.4, 0.5) is 11.5 Å². The molecule has 8 nitrogen and oxygen atoms in total. The number of nitrogens with one attached hydrogen (secondary N) is 1. The molecular weight excluding hydrogens is 428 g/mol. The Hall–Kier alpha value is -3.56. The average Bonchev–Trinajstić information content (AvgIpc) is 2.70. The summed E-state index contributed by atoms with van der Waals surface area (Å²) in [6, 6.07) is 16.4. The number of halogens is 1. The number of nitrogen functional groups attached to an aromatic ring is 1. The predicted molar refractivity (Wildman–Crippen MR) is 114 cm³/mol. The van der Waals surface area contributed by atoms with Crippen LogP contribution in [0.25, 0.3) is 11.0 Å². The van der Waals surface area contributed by atoms with E-state index in [0.717, 1.165) is 0 Å². The van der Waals surface area contributed by atoms with E-state index in [1.54, 1.807) is 18.2 Å². The predicted octanol–water partition coefficient (Wildman–Crippen LogP) is 4.16. The van der Waals surface area contributed by atoms with Gasteiger partial charge in [-0.3, -0.25) is 4.72 Å². The molecule has 4 aromatic rings. The number of aromatic nitrogens is 2. The number of phenols is 1. The molecular formula is C20H15ClN4O4S. The van der Waals surface area contributed by atoms with Crippen LogP contribution in [0, 0.1) is 0 Å². The minimum absolute atomic E-state index is 0.00489. The lowest BCUT2D eigenvalue weighted by atomic mass is 10.3. The maximum Gasteiger partial charge on any atom is 0.264 e. The van der Waals surface area contributed by atoms with Crippen molar-refractivity contribution in [2.75, 3.05) is 10.5 Å². The lowest BCUT2D eigenvalue weighted by Crippen LogP contribution is -2.15. The summed E-state index contributed by atoms with van der Waals surface area (Å²) >= 11 is 6.03. The number of aromatic hydroxyl groups is 1. The molecule has 0 aliphatic carbocycles. The number of rotatable bonds is 5. The second-order valence-corrected chi connectivity index (χ2v) is 8.40. The van der Waals surface area contributed by atoms with E-state index in [9.17, 15) is 13.5 Å². The van der Waals surface area contributed by atoms with Gasteiger partial charge in [-0.25, -0.2) is 18.4 Å². The summed E-state index contributed by atoms with van der Waals surface area (Å²) in [4.78, 5) is 8.72. The maximum atomic E-state index is 12.8. The first kappa shape index (κ1) is 19.7. The lowest BCUT2D eigenvalue weighted by molar-refractivity contribution is 0.456. The highest BCUT2D eigenvalue weighted by Crippen LogP contribution is 2.31. The summed E-state index contributed by atoms with van der Waals surface area (Å²) in [5, 5.41) is 9.90. The fourth-order valence-corrected chi connectivity index (χ4v) is 3.77. The number of nitrogens with two attached hydrogens (primary N) is 1. The number of hydrogen-bond acceptors (Lipinski definition) is 7. The molecule has 0 saturated carbocycles. The second kappa shape index (κ2) is 7.69. The van der Waals surface area contributed by atoms with E-state index in [1.807, 2.05) is 0 Å². The van der Waals surface area contributed by atoms with Gasteiger partial charge < -0.3 is 15.6 Å². The molecule has 0 aliphatic rings. The van der Waals surface area contributed by atoms with E-state index >= 15 is 0 Å². The van der Waals surface area contributed by atoms with Gasteiger partial charge in [0.05, 0.1) is 15.9 Å². The Balaban J connectivity index is 1.79. The molecule has 4 N–H and O–H groups in total. The molecule has 0 bridgehead atoms. The molecule has 0 amide bonds. The molecule has 1 aromatic heterocycles. The Bertz CT molecular complexity index is 1330. The summed E-state index contributed by atoms with van der Waals surface area (Å²) in [5.41, 5.74) is 6.92. The van der Waals surface area contributed by atoms with E-state index in [4.69, 9.17) is 22.1 Å². The molecule has 1 heterocycles. The number of ether oxygens (including phenoxy) is 1. The molecule has 0 atom stereocenters. The molecule has 152 valence electrons. The number of phenolic OH excluding ortho intramolecular Hbond substituents is 1. The summed E-state index contributed by atoms with van der Waals surface area (Å²) < 4.78 is 33.8. The molecule has 0 unspecified atom stereocenters. The zero-order valence-corrected chi connectivity index (χ0v) is 16.9. The molecule has 0 saturated heterocycles. The maximum absolute atomic E-state index is 12.8. The van der Waals surface area contributed by atoms with E-state index in [0.29, 0.717) is 27.5 Å². The van der Waals surface area contributed by atoms with Crippen LogP contribution in [-0.4, -0.2) is 23.5 Å². The first-order valence-electron chi connectivity index (χ1n) is 8.63. The molecule has 3 aromatic carbocycles. The van der Waals surface area contributed by atoms with Gasteiger partial charge in [-0.15, -0.1) is 0 Å². The second-order valence-electron chi connectivity index (χ2n) is 6.28. The third-order valence-corrected chi connectivity index (χ3v) is 5.66. The van der Waals surface area contributed by atoms with Crippen molar-refractivity contribution in [3.8, 4) is 17.4 Å². The topological polar surface area (TPSA) is 127 Å². The summed E-state index contributed by atoms with van der Waals surface area (Å²) in [6.45, 7) is 0. The molecule has 0 radical (unpaired) electrons. The van der Waals surface area contributed by atoms with Crippen LogP contribution in [0.5, 0.6) is 17.4 Å². The number of hydrogen-bond donors (Lipinski definition) is 3. The van der Waals surface area contributed by atoms with Crippen LogP contribution in [0.3, 0.4) is 0 Å². The minimum Gasteiger partial charge on any atom is -0.508 e. The number of fused-ring (bicyclic) bond motifs is 1. The van der Waals surface area contributed by atoms with Gasteiger partial charge in [-0.2, -0.15) is 0 Å². The largest absolute Gasteiger partial charge is 0.508 e. The minimum atomic E-state index is -3.98. The fraction of sp³-hybridized carbons (Fsp3) is 0. The zero-order chi connectivity index (χ0) is 21.3. The Morgan fingerprint density at radius 2 is 1.63 bits per heavy atom. The van der Waals surface area contributed by atoms with Crippen molar-refractivity contribution in [1.29, 1.82) is 0 Å². The van der Waals surface area contributed by atoms with Crippen LogP contribution in [0.2, 0.25) is 5.02 Å². The van der Waals surface area contributed by atoms with Crippen molar-refractivity contribution < 1.29 is 18.3 Å². The van der Waals surface area contributed by atoms with Crippen LogP contribution in [-0.2, 0) is 10.0 Å². The van der Waals surface area contributed by atoms with E-state index in [1.165, 1.54) is 48.5 Å². The lowest BCUT2D eigenvalue weighted by Gasteiger charge is -2.13. The SMILES string of the molecule is Nc1ccc(S(=O)(=O)Nc2nc3ccc(Cl)cc3nc2Oc2ccc(O)cc2)cc1. The zero-order valence-electron chi connectivity index (χ0n) is 15.3. The number of anilines is 2. The van der Waals surface area contributed by atoms with Gasteiger partial charge in [-0.05, 0) is 66.7 Å². The molecule has 4 rings (SSSR count). The van der Waals surface area contributed by atoms with Gasteiger partial charge >= 0.3 is 0 Å². The number of sulfonamides is 1. The molecule has 0 spiro atoms. The van der Waals surface area contributed by atoms with Crippen molar-refractivity contribution in [2.45, 2.75) is 4.90 Å². The summed E-state index contributed by atoms with van der Waals surface area (Å²) in [6.07, 6.45) is 0. The highest BCUT2D eigenvalue weighted by Gasteiger charge is 2.20. The third kappa shape index (κ3) is 4.22. The van der Waals surface area contributed by atoms with Crippen molar-refractivity contribution in [2.24, 2.45) is 0 Å². The van der Waals surface area contributed by atoms with Gasteiger partial charge in [0.2, 0.25) is 5.82 Å². The van der Waals surface area contributed by atoms with Crippen molar-refractivity contribution in [3.63, 3.8) is 0 Å². The van der Waals surface area contributed by atoms with Gasteiger partial charge in [0.1, 0.15) is 11.5 Å². The van der Waals surface area contributed by atoms with Crippen molar-refractivity contribution in [3.05, 3.63) is 71.8 Å². The quantitative estimate of drug-likeness (QED) is 0.396. The first-order chi connectivity index (χ1) is 14.3. The van der Waals surface area contributed by atoms with Crippen LogP contribution in [0.15, 0.2) is 71.6 Å². The van der Waals surface area contributed by atoms with Gasteiger partial charge in [0.15, 0.2) is 0 Å². The number of benzene rings is 3. The molecule has 0 fully saturated rings. The average molecular weight is 443 g/mol. The highest BCUT2D eigenvalue weighted by molar-refractivity contribution is 7.92. The Morgan fingerprint density at radius 1 is 0.933 bits per heavy atom. The van der Waals surface area contributed by atoms with Crippen LogP contribution < -0.4 is 15.2 Å². The fourth-order valence-electron chi connectivity index (χ4n) is 2.61. The van der Waals surface area contributed by atoms with Crippen molar-refractivity contribution in [1.82, 2.24) is 9.97 Å².